The molecule has 0 fully saturated rings. The Bertz CT molecular complexity index is 506. The Morgan fingerprint density at radius 3 is 3.11 bits per heavy atom. The van der Waals surface area contributed by atoms with E-state index < -0.39 is 0 Å². The van der Waals surface area contributed by atoms with E-state index in [-0.39, 0.29) is 0 Å². The molecule has 2 aromatic rings. The van der Waals surface area contributed by atoms with Crippen LogP contribution >= 0.6 is 0 Å². The highest BCUT2D eigenvalue weighted by molar-refractivity contribution is 5.54. The number of nitrogens with one attached hydrogen (secondary N) is 2. The Balaban J connectivity index is 1.91. The number of benzene rings is 1. The smallest absolute Gasteiger partial charge is 0.0922 e. The van der Waals surface area contributed by atoms with Crippen LogP contribution in [0.15, 0.2) is 36.8 Å². The van der Waals surface area contributed by atoms with Crippen molar-refractivity contribution < 1.29 is 0 Å². The van der Waals surface area contributed by atoms with E-state index in [1.54, 1.807) is 6.33 Å². The second-order valence-electron chi connectivity index (χ2n) is 4.87. The molecule has 1 unspecified atom stereocenters. The van der Waals surface area contributed by atoms with Gasteiger partial charge in [0.25, 0.3) is 0 Å². The highest BCUT2D eigenvalue weighted by atomic mass is 15.2. The molecular formula is C14H18N4. The first kappa shape index (κ1) is 11.3. The lowest BCUT2D eigenvalue weighted by atomic mass is 10.1. The van der Waals surface area contributed by atoms with Crippen molar-refractivity contribution in [2.75, 3.05) is 11.4 Å². The Morgan fingerprint density at radius 1 is 1.39 bits per heavy atom. The normalized spacial score (nSPS) is 19.4. The van der Waals surface area contributed by atoms with Crippen molar-refractivity contribution in [3.8, 4) is 0 Å². The number of anilines is 1. The van der Waals surface area contributed by atoms with Gasteiger partial charge in [-0.25, -0.2) is 4.98 Å². The van der Waals surface area contributed by atoms with Crippen molar-refractivity contribution in [1.82, 2.24) is 15.3 Å². The monoisotopic (exact) mass is 242 g/mol. The number of nitrogens with zero attached hydrogens (tertiary/aromatic N) is 2. The Hall–Kier alpha value is -1.81. The number of aromatic nitrogens is 2. The average Bonchev–Trinajstić information content (AvgIpc) is 2.83. The standard InChI is InChI=1S/C14H18N4/c1-11-8-18(9-13-7-15-10-17-13)14-5-3-2-4-12(14)6-16-11/h2-5,7,10-11,16H,6,8-9H2,1H3,(H,15,17). The molecule has 0 amide bonds. The number of rotatable bonds is 2. The summed E-state index contributed by atoms with van der Waals surface area (Å²) in [6.07, 6.45) is 3.63. The van der Waals surface area contributed by atoms with Gasteiger partial charge in [-0.3, -0.25) is 0 Å². The predicted molar refractivity (Wildman–Crippen MR) is 72.4 cm³/mol. The molecule has 0 spiro atoms. The Kier molecular flexibility index (Phi) is 3.02. The zero-order valence-corrected chi connectivity index (χ0v) is 10.6. The highest BCUT2D eigenvalue weighted by Crippen LogP contribution is 2.24. The first-order chi connectivity index (χ1) is 8.83. The molecule has 1 aliphatic rings. The summed E-state index contributed by atoms with van der Waals surface area (Å²) in [5, 5.41) is 3.54. The van der Waals surface area contributed by atoms with E-state index in [0.29, 0.717) is 6.04 Å². The second kappa shape index (κ2) is 4.82. The van der Waals surface area contributed by atoms with Crippen molar-refractivity contribution in [3.05, 3.63) is 48.0 Å². The summed E-state index contributed by atoms with van der Waals surface area (Å²) >= 11 is 0. The van der Waals surface area contributed by atoms with Crippen molar-refractivity contribution in [2.45, 2.75) is 26.1 Å². The maximum absolute atomic E-state index is 4.09. The molecule has 2 heterocycles. The quantitative estimate of drug-likeness (QED) is 0.845. The molecule has 0 bridgehead atoms. The fraction of sp³-hybridized carbons (Fsp3) is 0.357. The van der Waals surface area contributed by atoms with E-state index in [9.17, 15) is 0 Å². The Labute approximate surface area is 107 Å². The first-order valence-corrected chi connectivity index (χ1v) is 6.36. The number of hydrogen-bond acceptors (Lipinski definition) is 3. The van der Waals surface area contributed by atoms with Crippen molar-refractivity contribution in [1.29, 1.82) is 0 Å². The zero-order valence-electron chi connectivity index (χ0n) is 10.6. The van der Waals surface area contributed by atoms with Gasteiger partial charge in [-0.1, -0.05) is 18.2 Å². The van der Waals surface area contributed by atoms with Crippen molar-refractivity contribution >= 4 is 5.69 Å². The van der Waals surface area contributed by atoms with Crippen LogP contribution in [0.25, 0.3) is 0 Å². The molecule has 0 saturated carbocycles. The molecule has 4 nitrogen and oxygen atoms in total. The van der Waals surface area contributed by atoms with Crippen LogP contribution in [-0.2, 0) is 13.1 Å². The van der Waals surface area contributed by atoms with Gasteiger partial charge >= 0.3 is 0 Å². The molecule has 0 saturated heterocycles. The third kappa shape index (κ3) is 2.24. The van der Waals surface area contributed by atoms with Crippen LogP contribution in [0.3, 0.4) is 0 Å². The molecule has 1 aromatic heterocycles. The Morgan fingerprint density at radius 2 is 2.28 bits per heavy atom. The van der Waals surface area contributed by atoms with Crippen LogP contribution < -0.4 is 10.2 Å². The molecule has 94 valence electrons. The number of H-pyrrole nitrogens is 1. The summed E-state index contributed by atoms with van der Waals surface area (Å²) in [4.78, 5) is 9.68. The van der Waals surface area contributed by atoms with E-state index >= 15 is 0 Å². The molecule has 3 rings (SSSR count). The maximum atomic E-state index is 4.09. The maximum Gasteiger partial charge on any atom is 0.0922 e. The van der Waals surface area contributed by atoms with Crippen LogP contribution in [-0.4, -0.2) is 22.6 Å². The van der Waals surface area contributed by atoms with Crippen LogP contribution in [0, 0.1) is 0 Å². The molecule has 1 atom stereocenters. The number of para-hydroxylation sites is 1. The van der Waals surface area contributed by atoms with Gasteiger partial charge in [0, 0.05) is 31.0 Å². The van der Waals surface area contributed by atoms with Crippen molar-refractivity contribution in [2.24, 2.45) is 0 Å². The molecule has 18 heavy (non-hydrogen) atoms. The van der Waals surface area contributed by atoms with Crippen LogP contribution in [0.1, 0.15) is 18.2 Å². The van der Waals surface area contributed by atoms with Gasteiger partial charge in [0.1, 0.15) is 0 Å². The number of fused-ring (bicyclic) bond motifs is 1. The lowest BCUT2D eigenvalue weighted by Crippen LogP contribution is -2.35. The third-order valence-corrected chi connectivity index (χ3v) is 3.38. The lowest BCUT2D eigenvalue weighted by Gasteiger charge is -2.25. The minimum atomic E-state index is 0.486. The van der Waals surface area contributed by atoms with E-state index in [4.69, 9.17) is 0 Å². The van der Waals surface area contributed by atoms with Crippen molar-refractivity contribution in [3.63, 3.8) is 0 Å². The topological polar surface area (TPSA) is 44.0 Å². The van der Waals surface area contributed by atoms with Gasteiger partial charge < -0.3 is 15.2 Å². The molecular weight excluding hydrogens is 224 g/mol. The largest absolute Gasteiger partial charge is 0.364 e. The second-order valence-corrected chi connectivity index (χ2v) is 4.87. The molecule has 1 aromatic carbocycles. The molecule has 1 aliphatic heterocycles. The number of aromatic amines is 1. The summed E-state index contributed by atoms with van der Waals surface area (Å²) in [6.45, 7) is 5.06. The molecule has 0 radical (unpaired) electrons. The predicted octanol–water partition coefficient (Wildman–Crippen LogP) is 1.91. The first-order valence-electron chi connectivity index (χ1n) is 6.36. The minimum absolute atomic E-state index is 0.486. The fourth-order valence-electron chi connectivity index (χ4n) is 2.47. The summed E-state index contributed by atoms with van der Waals surface area (Å²) in [5.41, 5.74) is 3.84. The molecule has 0 aliphatic carbocycles. The van der Waals surface area contributed by atoms with E-state index in [0.717, 1.165) is 25.3 Å². The van der Waals surface area contributed by atoms with Gasteiger partial charge in [0.05, 0.1) is 18.6 Å². The number of hydrogen-bond donors (Lipinski definition) is 2. The summed E-state index contributed by atoms with van der Waals surface area (Å²) in [7, 11) is 0. The van der Waals surface area contributed by atoms with Crippen LogP contribution in [0.2, 0.25) is 0 Å². The molecule has 4 heteroatoms. The average molecular weight is 242 g/mol. The molecule has 2 N–H and O–H groups in total. The summed E-state index contributed by atoms with van der Waals surface area (Å²) in [5.74, 6) is 0. The minimum Gasteiger partial charge on any atom is -0.364 e. The van der Waals surface area contributed by atoms with Gasteiger partial charge in [-0.15, -0.1) is 0 Å². The van der Waals surface area contributed by atoms with Gasteiger partial charge in [0.15, 0.2) is 0 Å². The summed E-state index contributed by atoms with van der Waals surface area (Å²) < 4.78 is 0. The fourth-order valence-corrected chi connectivity index (χ4v) is 2.47. The number of imidazole rings is 1. The highest BCUT2D eigenvalue weighted by Gasteiger charge is 2.18. The van der Waals surface area contributed by atoms with E-state index in [1.165, 1.54) is 11.3 Å². The van der Waals surface area contributed by atoms with Crippen LogP contribution in [0.4, 0.5) is 5.69 Å². The van der Waals surface area contributed by atoms with E-state index in [1.807, 2.05) is 6.20 Å². The van der Waals surface area contributed by atoms with E-state index in [2.05, 4.69) is 51.4 Å². The zero-order chi connectivity index (χ0) is 12.4. The van der Waals surface area contributed by atoms with Crippen LogP contribution in [0.5, 0.6) is 0 Å². The third-order valence-electron chi connectivity index (χ3n) is 3.38. The van der Waals surface area contributed by atoms with Gasteiger partial charge in [-0.2, -0.15) is 0 Å². The van der Waals surface area contributed by atoms with Gasteiger partial charge in [-0.05, 0) is 18.6 Å². The lowest BCUT2D eigenvalue weighted by molar-refractivity contribution is 0.551. The van der Waals surface area contributed by atoms with Gasteiger partial charge in [0.2, 0.25) is 0 Å². The summed E-state index contributed by atoms with van der Waals surface area (Å²) in [6, 6.07) is 9.09. The SMILES string of the molecule is CC1CN(Cc2cnc[nH]2)c2ccccc2CN1.